The summed E-state index contributed by atoms with van der Waals surface area (Å²) in [5.41, 5.74) is 0. The van der Waals surface area contributed by atoms with E-state index in [1.54, 1.807) is 0 Å². The lowest BCUT2D eigenvalue weighted by Gasteiger charge is -2.39. The van der Waals surface area contributed by atoms with Crippen LogP contribution in [-0.2, 0) is 14.3 Å². The Morgan fingerprint density at radius 3 is 2.58 bits per heavy atom. The smallest absolute Gasteiger partial charge is 0.240 e. The van der Waals surface area contributed by atoms with Gasteiger partial charge in [0.2, 0.25) is 5.91 Å². The van der Waals surface area contributed by atoms with Crippen LogP contribution in [0, 0.1) is 5.92 Å². The third-order valence-corrected chi connectivity index (χ3v) is 5.96. The number of hydrogen-bond acceptors (Lipinski definition) is 4. The molecule has 2 aliphatic heterocycles. The lowest BCUT2D eigenvalue weighted by Crippen LogP contribution is -2.54. The van der Waals surface area contributed by atoms with E-state index in [-0.39, 0.29) is 6.04 Å². The molecule has 3 fully saturated rings. The first-order valence-electron chi connectivity index (χ1n) is 9.98. The molecule has 0 bridgehead atoms. The van der Waals surface area contributed by atoms with E-state index in [4.69, 9.17) is 9.47 Å². The van der Waals surface area contributed by atoms with Gasteiger partial charge in [-0.3, -0.25) is 9.69 Å². The minimum absolute atomic E-state index is 0.0595. The Kier molecular flexibility index (Phi) is 6.93. The number of hydrogen-bond donors (Lipinski definition) is 0. The summed E-state index contributed by atoms with van der Waals surface area (Å²) in [6.45, 7) is 7.87. The molecule has 3 aliphatic rings. The fourth-order valence-corrected chi connectivity index (χ4v) is 4.38. The summed E-state index contributed by atoms with van der Waals surface area (Å²) >= 11 is 0. The predicted octanol–water partition coefficient (Wildman–Crippen LogP) is 2.29. The molecule has 5 nitrogen and oxygen atoms in total. The van der Waals surface area contributed by atoms with Gasteiger partial charge in [-0.2, -0.15) is 0 Å². The largest absolute Gasteiger partial charge is 0.378 e. The van der Waals surface area contributed by atoms with E-state index in [1.165, 1.54) is 32.1 Å². The molecule has 138 valence electrons. The van der Waals surface area contributed by atoms with E-state index < -0.39 is 0 Å². The third-order valence-electron chi connectivity index (χ3n) is 5.96. The van der Waals surface area contributed by atoms with Gasteiger partial charge in [0.15, 0.2) is 0 Å². The van der Waals surface area contributed by atoms with Gasteiger partial charge < -0.3 is 14.4 Å². The summed E-state index contributed by atoms with van der Waals surface area (Å²) in [5, 5.41) is 0. The van der Waals surface area contributed by atoms with Crippen molar-refractivity contribution in [2.75, 3.05) is 46.0 Å². The van der Waals surface area contributed by atoms with Gasteiger partial charge in [0.05, 0.1) is 32.0 Å². The Bertz CT molecular complexity index is 398. The molecule has 0 spiro atoms. The topological polar surface area (TPSA) is 42.0 Å². The van der Waals surface area contributed by atoms with Crippen LogP contribution in [0.5, 0.6) is 0 Å². The molecule has 3 unspecified atom stereocenters. The second kappa shape index (κ2) is 9.16. The van der Waals surface area contributed by atoms with Gasteiger partial charge >= 0.3 is 0 Å². The number of likely N-dealkylation sites (tertiary alicyclic amines) is 1. The van der Waals surface area contributed by atoms with Crippen LogP contribution in [0.2, 0.25) is 0 Å². The number of amides is 1. The van der Waals surface area contributed by atoms with E-state index >= 15 is 0 Å². The van der Waals surface area contributed by atoms with Crippen molar-refractivity contribution in [3.63, 3.8) is 0 Å². The quantitative estimate of drug-likeness (QED) is 0.771. The van der Waals surface area contributed by atoms with Crippen molar-refractivity contribution in [1.29, 1.82) is 0 Å². The number of carbonyl (C=O) groups excluding carboxylic acids is 1. The molecule has 3 rings (SSSR count). The van der Waals surface area contributed by atoms with Gasteiger partial charge in [-0.15, -0.1) is 0 Å². The standard InChI is InChI=1S/C19H34N2O3/c1-16-6-2-3-8-18(16)24-15-12-20-9-5-4-7-17(20)19(22)21-10-13-23-14-11-21/h16-18H,2-15H2,1H3. The van der Waals surface area contributed by atoms with Crippen LogP contribution in [0.15, 0.2) is 0 Å². The molecular weight excluding hydrogens is 304 g/mol. The molecule has 0 aromatic carbocycles. The average molecular weight is 338 g/mol. The Morgan fingerprint density at radius 1 is 1.04 bits per heavy atom. The molecule has 0 aromatic rings. The Hall–Kier alpha value is -0.650. The zero-order chi connectivity index (χ0) is 16.8. The maximum atomic E-state index is 12.9. The average Bonchev–Trinajstić information content (AvgIpc) is 2.64. The lowest BCUT2D eigenvalue weighted by molar-refractivity contribution is -0.143. The zero-order valence-electron chi connectivity index (χ0n) is 15.3. The minimum Gasteiger partial charge on any atom is -0.378 e. The summed E-state index contributed by atoms with van der Waals surface area (Å²) in [6.07, 6.45) is 8.95. The van der Waals surface area contributed by atoms with Crippen molar-refractivity contribution in [3.8, 4) is 0 Å². The van der Waals surface area contributed by atoms with Gasteiger partial charge in [-0.1, -0.05) is 26.2 Å². The Labute approximate surface area is 146 Å². The SMILES string of the molecule is CC1CCCCC1OCCN1CCCCC1C(=O)N1CCOCC1. The van der Waals surface area contributed by atoms with E-state index in [1.807, 2.05) is 4.90 Å². The molecule has 0 radical (unpaired) electrons. The molecule has 3 atom stereocenters. The molecule has 5 heteroatoms. The maximum absolute atomic E-state index is 12.9. The molecule has 24 heavy (non-hydrogen) atoms. The van der Waals surface area contributed by atoms with Crippen molar-refractivity contribution >= 4 is 5.91 Å². The summed E-state index contributed by atoms with van der Waals surface area (Å²) in [5.74, 6) is 0.995. The third kappa shape index (κ3) is 4.70. The first-order chi connectivity index (χ1) is 11.8. The highest BCUT2D eigenvalue weighted by Crippen LogP contribution is 2.26. The second-order valence-corrected chi connectivity index (χ2v) is 7.66. The van der Waals surface area contributed by atoms with Crippen LogP contribution in [-0.4, -0.2) is 73.9 Å². The van der Waals surface area contributed by atoms with Crippen LogP contribution >= 0.6 is 0 Å². The van der Waals surface area contributed by atoms with Crippen LogP contribution in [0.1, 0.15) is 51.9 Å². The predicted molar refractivity (Wildman–Crippen MR) is 94.0 cm³/mol. The van der Waals surface area contributed by atoms with E-state index in [0.717, 1.165) is 45.6 Å². The molecule has 1 saturated carbocycles. The van der Waals surface area contributed by atoms with Crippen molar-refractivity contribution in [2.24, 2.45) is 5.92 Å². The number of nitrogens with zero attached hydrogens (tertiary/aromatic N) is 2. The zero-order valence-corrected chi connectivity index (χ0v) is 15.3. The van der Waals surface area contributed by atoms with Gasteiger partial charge in [-0.25, -0.2) is 0 Å². The monoisotopic (exact) mass is 338 g/mol. The van der Waals surface area contributed by atoms with Gasteiger partial charge in [0.25, 0.3) is 0 Å². The molecule has 0 aromatic heterocycles. The molecule has 1 amide bonds. The van der Waals surface area contributed by atoms with Crippen LogP contribution in [0.3, 0.4) is 0 Å². The first-order valence-corrected chi connectivity index (χ1v) is 9.98. The molecule has 0 N–H and O–H groups in total. The second-order valence-electron chi connectivity index (χ2n) is 7.66. The summed E-state index contributed by atoms with van der Waals surface area (Å²) in [6, 6.07) is 0.0595. The van der Waals surface area contributed by atoms with Crippen molar-refractivity contribution in [3.05, 3.63) is 0 Å². The summed E-state index contributed by atoms with van der Waals surface area (Å²) in [4.78, 5) is 17.2. The summed E-state index contributed by atoms with van der Waals surface area (Å²) < 4.78 is 11.6. The maximum Gasteiger partial charge on any atom is 0.240 e. The van der Waals surface area contributed by atoms with Crippen molar-refractivity contribution < 1.29 is 14.3 Å². The number of rotatable bonds is 5. The lowest BCUT2D eigenvalue weighted by atomic mass is 9.88. The highest BCUT2D eigenvalue weighted by Gasteiger charge is 2.32. The highest BCUT2D eigenvalue weighted by atomic mass is 16.5. The summed E-state index contributed by atoms with van der Waals surface area (Å²) in [7, 11) is 0. The number of morpholine rings is 1. The van der Waals surface area contributed by atoms with E-state index in [9.17, 15) is 4.79 Å². The van der Waals surface area contributed by atoms with Crippen LogP contribution < -0.4 is 0 Å². The number of piperidine rings is 1. The van der Waals surface area contributed by atoms with Gasteiger partial charge in [0.1, 0.15) is 0 Å². The molecule has 2 heterocycles. The fourth-order valence-electron chi connectivity index (χ4n) is 4.38. The highest BCUT2D eigenvalue weighted by molar-refractivity contribution is 5.82. The fraction of sp³-hybridized carbons (Fsp3) is 0.947. The molecule has 2 saturated heterocycles. The molecule has 1 aliphatic carbocycles. The van der Waals surface area contributed by atoms with E-state index in [2.05, 4.69) is 11.8 Å². The van der Waals surface area contributed by atoms with Crippen LogP contribution in [0.4, 0.5) is 0 Å². The van der Waals surface area contributed by atoms with E-state index in [0.29, 0.717) is 31.1 Å². The van der Waals surface area contributed by atoms with Crippen molar-refractivity contribution in [2.45, 2.75) is 64.0 Å². The number of ether oxygens (including phenoxy) is 2. The first kappa shape index (κ1) is 18.2. The Balaban J connectivity index is 1.47. The normalized spacial score (nSPS) is 32.7. The minimum atomic E-state index is 0.0595. The van der Waals surface area contributed by atoms with Gasteiger partial charge in [0, 0.05) is 19.6 Å². The van der Waals surface area contributed by atoms with Crippen LogP contribution in [0.25, 0.3) is 0 Å². The Morgan fingerprint density at radius 2 is 1.79 bits per heavy atom. The molecular formula is C19H34N2O3. The van der Waals surface area contributed by atoms with Gasteiger partial charge in [-0.05, 0) is 38.1 Å². The number of carbonyl (C=O) groups is 1. The van der Waals surface area contributed by atoms with Crippen molar-refractivity contribution in [1.82, 2.24) is 9.80 Å².